The number of likely N-dealkylation sites (tertiary alicyclic amines) is 4. The quantitative estimate of drug-likeness (QED) is 0.562. The molecule has 4 aliphatic rings. The van der Waals surface area contributed by atoms with Crippen molar-refractivity contribution >= 4 is 0 Å². The first kappa shape index (κ1) is 24.3. The Morgan fingerprint density at radius 2 is 1.50 bits per heavy atom. The fraction of sp³-hybridized carbons (Fsp3) is 0.917. The summed E-state index contributed by atoms with van der Waals surface area (Å²) < 4.78 is 1.84. The summed E-state index contributed by atoms with van der Waals surface area (Å²) in [7, 11) is 6.42. The molecule has 0 aliphatic carbocycles. The molecule has 2 aromatic heterocycles. The van der Waals surface area contributed by atoms with E-state index < -0.39 is 0 Å². The van der Waals surface area contributed by atoms with Gasteiger partial charge in [0.15, 0.2) is 11.6 Å². The van der Waals surface area contributed by atoms with Crippen molar-refractivity contribution in [3.05, 3.63) is 11.6 Å². The molecule has 4 unspecified atom stereocenters. The Balaban J connectivity index is 1.16. The second kappa shape index (κ2) is 10.4. The van der Waals surface area contributed by atoms with E-state index in [4.69, 9.17) is 5.10 Å². The van der Waals surface area contributed by atoms with E-state index in [1.807, 2.05) is 16.5 Å². The number of piperidine rings is 2. The summed E-state index contributed by atoms with van der Waals surface area (Å²) >= 11 is 0. The van der Waals surface area contributed by atoms with Gasteiger partial charge in [0.1, 0.15) is 0 Å². The van der Waals surface area contributed by atoms with Crippen molar-refractivity contribution in [1.29, 1.82) is 0 Å². The van der Waals surface area contributed by atoms with E-state index in [1.54, 1.807) is 0 Å². The van der Waals surface area contributed by atoms with Crippen molar-refractivity contribution in [2.75, 3.05) is 53.4 Å². The molecule has 36 heavy (non-hydrogen) atoms. The minimum atomic E-state index is 0.293. The molecule has 0 radical (unpaired) electrons. The standard InChI is InChI=1S/C24H42N12/c1-31-13-8-19(9-14-31)34-11-4-6-21(34)23-25-29-36(27-23)17-18-16-32(2)15-10-20(18)35-12-5-7-22(35)24-26-28-30-33(24)3/h18-22H,4-17H2,1-3H3. The molecule has 0 bridgehead atoms. The monoisotopic (exact) mass is 498 g/mol. The zero-order valence-electron chi connectivity index (χ0n) is 22.2. The Hall–Kier alpha value is -2.02. The number of hydrogen-bond donors (Lipinski definition) is 0. The van der Waals surface area contributed by atoms with Crippen LogP contribution in [0.15, 0.2) is 0 Å². The molecule has 0 amide bonds. The van der Waals surface area contributed by atoms with Crippen LogP contribution in [0.25, 0.3) is 0 Å². The highest BCUT2D eigenvalue weighted by molar-refractivity contribution is 5.01. The Bertz CT molecular complexity index is 997. The lowest BCUT2D eigenvalue weighted by Gasteiger charge is -2.43. The minimum absolute atomic E-state index is 0.293. The van der Waals surface area contributed by atoms with Crippen LogP contribution in [0.5, 0.6) is 0 Å². The van der Waals surface area contributed by atoms with Crippen LogP contribution < -0.4 is 0 Å². The van der Waals surface area contributed by atoms with Crippen LogP contribution in [-0.4, -0.2) is 125 Å². The summed E-state index contributed by atoms with van der Waals surface area (Å²) in [5.41, 5.74) is 0. The van der Waals surface area contributed by atoms with E-state index in [9.17, 15) is 0 Å². The normalized spacial score (nSPS) is 32.1. The zero-order chi connectivity index (χ0) is 24.6. The minimum Gasteiger partial charge on any atom is -0.306 e. The van der Waals surface area contributed by atoms with E-state index in [-0.39, 0.29) is 0 Å². The second-order valence-corrected chi connectivity index (χ2v) is 11.6. The molecule has 2 aromatic rings. The first-order valence-corrected chi connectivity index (χ1v) is 14.0. The van der Waals surface area contributed by atoms with Gasteiger partial charge >= 0.3 is 0 Å². The maximum absolute atomic E-state index is 4.98. The van der Waals surface area contributed by atoms with Gasteiger partial charge in [-0.05, 0) is 107 Å². The smallest absolute Gasteiger partial charge is 0.191 e. The molecule has 4 fully saturated rings. The van der Waals surface area contributed by atoms with Gasteiger partial charge < -0.3 is 9.80 Å². The Labute approximate surface area is 214 Å². The Morgan fingerprint density at radius 3 is 2.28 bits per heavy atom. The number of tetrazole rings is 2. The third-order valence-electron chi connectivity index (χ3n) is 9.18. The van der Waals surface area contributed by atoms with Crippen LogP contribution in [-0.2, 0) is 13.6 Å². The average Bonchev–Trinajstić information content (AvgIpc) is 3.67. The van der Waals surface area contributed by atoms with Gasteiger partial charge in [0, 0.05) is 31.6 Å². The molecule has 12 heteroatoms. The van der Waals surface area contributed by atoms with Crippen LogP contribution in [0.2, 0.25) is 0 Å². The third kappa shape index (κ3) is 4.80. The van der Waals surface area contributed by atoms with E-state index in [2.05, 4.69) is 59.5 Å². The molecule has 4 atom stereocenters. The molecule has 198 valence electrons. The largest absolute Gasteiger partial charge is 0.306 e. The first-order chi connectivity index (χ1) is 17.6. The lowest BCUT2D eigenvalue weighted by molar-refractivity contribution is 0.0430. The van der Waals surface area contributed by atoms with Crippen LogP contribution >= 0.6 is 0 Å². The Morgan fingerprint density at radius 1 is 0.750 bits per heavy atom. The van der Waals surface area contributed by atoms with Crippen LogP contribution in [0, 0.1) is 5.92 Å². The topological polar surface area (TPSA) is 100 Å². The number of hydrogen-bond acceptors (Lipinski definition) is 10. The van der Waals surface area contributed by atoms with Crippen molar-refractivity contribution < 1.29 is 0 Å². The molecule has 6 heterocycles. The highest BCUT2D eigenvalue weighted by Gasteiger charge is 2.41. The molecule has 0 N–H and O–H groups in total. The van der Waals surface area contributed by atoms with E-state index in [1.165, 1.54) is 38.8 Å². The third-order valence-corrected chi connectivity index (χ3v) is 9.18. The SMILES string of the molecule is CN1CCC(N2CCCC2c2nnn(CC3CN(C)CCC3N3CCCC3c3nnnn3C)n2)CC1. The fourth-order valence-corrected chi connectivity index (χ4v) is 7.31. The zero-order valence-corrected chi connectivity index (χ0v) is 22.2. The van der Waals surface area contributed by atoms with Gasteiger partial charge in [0.25, 0.3) is 0 Å². The first-order valence-electron chi connectivity index (χ1n) is 14.0. The van der Waals surface area contributed by atoms with Gasteiger partial charge in [-0.25, -0.2) is 4.68 Å². The number of nitrogens with zero attached hydrogens (tertiary/aromatic N) is 12. The molecule has 4 saturated heterocycles. The predicted octanol–water partition coefficient (Wildman–Crippen LogP) is 0.585. The van der Waals surface area contributed by atoms with Crippen molar-refractivity contribution in [2.24, 2.45) is 13.0 Å². The van der Waals surface area contributed by atoms with Crippen molar-refractivity contribution in [3.63, 3.8) is 0 Å². The van der Waals surface area contributed by atoms with Crippen LogP contribution in [0.1, 0.15) is 68.7 Å². The summed E-state index contributed by atoms with van der Waals surface area (Å²) in [5.74, 6) is 2.36. The summed E-state index contributed by atoms with van der Waals surface area (Å²) in [4.78, 5) is 12.1. The van der Waals surface area contributed by atoms with Gasteiger partial charge in [0.2, 0.25) is 0 Å². The molecular formula is C24H42N12. The van der Waals surface area contributed by atoms with Crippen LogP contribution in [0.4, 0.5) is 0 Å². The number of rotatable bonds is 6. The predicted molar refractivity (Wildman–Crippen MR) is 134 cm³/mol. The maximum atomic E-state index is 4.98. The highest BCUT2D eigenvalue weighted by Crippen LogP contribution is 2.37. The van der Waals surface area contributed by atoms with Gasteiger partial charge in [-0.15, -0.1) is 15.3 Å². The summed E-state index contributed by atoms with van der Waals surface area (Å²) in [6, 6.07) is 1.74. The molecule has 0 spiro atoms. The van der Waals surface area contributed by atoms with Gasteiger partial charge in [-0.2, -0.15) is 4.80 Å². The molecule has 0 saturated carbocycles. The second-order valence-electron chi connectivity index (χ2n) is 11.6. The molecular weight excluding hydrogens is 456 g/mol. The van der Waals surface area contributed by atoms with Crippen molar-refractivity contribution in [1.82, 2.24) is 60.0 Å². The van der Waals surface area contributed by atoms with E-state index in [0.29, 0.717) is 30.1 Å². The summed E-state index contributed by atoms with van der Waals surface area (Å²) in [6.07, 6.45) is 8.33. The van der Waals surface area contributed by atoms with E-state index in [0.717, 1.165) is 63.6 Å². The molecule has 4 aliphatic heterocycles. The van der Waals surface area contributed by atoms with Crippen molar-refractivity contribution in [2.45, 2.75) is 75.7 Å². The molecule has 6 rings (SSSR count). The molecule has 12 nitrogen and oxygen atoms in total. The van der Waals surface area contributed by atoms with Gasteiger partial charge in [-0.3, -0.25) is 9.80 Å². The van der Waals surface area contributed by atoms with Crippen LogP contribution in [0.3, 0.4) is 0 Å². The summed E-state index contributed by atoms with van der Waals surface area (Å²) in [5, 5.41) is 26.6. The average molecular weight is 499 g/mol. The Kier molecular flexibility index (Phi) is 7.02. The van der Waals surface area contributed by atoms with Crippen molar-refractivity contribution in [3.8, 4) is 0 Å². The van der Waals surface area contributed by atoms with Gasteiger partial charge in [-0.1, -0.05) is 0 Å². The lowest BCUT2D eigenvalue weighted by Crippen LogP contribution is -2.51. The highest BCUT2D eigenvalue weighted by atomic mass is 15.6. The number of aryl methyl sites for hydroxylation is 1. The van der Waals surface area contributed by atoms with E-state index >= 15 is 0 Å². The van der Waals surface area contributed by atoms with Gasteiger partial charge in [0.05, 0.1) is 18.6 Å². The number of aromatic nitrogens is 8. The maximum Gasteiger partial charge on any atom is 0.191 e. The summed E-state index contributed by atoms with van der Waals surface area (Å²) in [6.45, 7) is 7.61. The lowest BCUT2D eigenvalue weighted by atomic mass is 9.90. The fourth-order valence-electron chi connectivity index (χ4n) is 7.31. The molecule has 0 aromatic carbocycles.